The molecule has 1 N–H and O–H groups in total. The molecule has 160 valence electrons. The summed E-state index contributed by atoms with van der Waals surface area (Å²) in [6.45, 7) is 3.85. The molecule has 0 radical (unpaired) electrons. The number of amides is 2. The van der Waals surface area contributed by atoms with Crippen molar-refractivity contribution in [3.05, 3.63) is 29.8 Å². The molecule has 1 aliphatic carbocycles. The lowest BCUT2D eigenvalue weighted by Crippen LogP contribution is -2.47. The van der Waals surface area contributed by atoms with E-state index in [-0.39, 0.29) is 24.4 Å². The molecule has 7 heteroatoms. The fourth-order valence-corrected chi connectivity index (χ4v) is 5.11. The van der Waals surface area contributed by atoms with Gasteiger partial charge in [-0.3, -0.25) is 9.69 Å². The first-order valence-electron chi connectivity index (χ1n) is 10.6. The Labute approximate surface area is 179 Å². The fraction of sp³-hybridized carbons (Fsp3) is 0.636. The van der Waals surface area contributed by atoms with E-state index in [1.807, 2.05) is 29.2 Å². The average molecular weight is 422 g/mol. The minimum absolute atomic E-state index is 0. The van der Waals surface area contributed by atoms with Crippen molar-refractivity contribution in [2.45, 2.75) is 44.6 Å². The van der Waals surface area contributed by atoms with E-state index >= 15 is 0 Å². The summed E-state index contributed by atoms with van der Waals surface area (Å²) in [7, 11) is 1.41. The molecule has 0 spiro atoms. The van der Waals surface area contributed by atoms with Gasteiger partial charge in [0.25, 0.3) is 0 Å². The molecule has 6 nitrogen and oxygen atoms in total. The lowest BCUT2D eigenvalue weighted by atomic mass is 9.73. The van der Waals surface area contributed by atoms with E-state index in [1.54, 1.807) is 0 Å². The number of piperidine rings is 1. The van der Waals surface area contributed by atoms with Crippen LogP contribution in [0.2, 0.25) is 0 Å². The number of rotatable bonds is 5. The highest BCUT2D eigenvalue weighted by atomic mass is 35.5. The highest BCUT2D eigenvalue weighted by Crippen LogP contribution is 2.37. The molecular weight excluding hydrogens is 390 g/mol. The van der Waals surface area contributed by atoms with E-state index < -0.39 is 0 Å². The first kappa shape index (κ1) is 21.9. The second-order valence-corrected chi connectivity index (χ2v) is 8.35. The molecule has 29 heavy (non-hydrogen) atoms. The van der Waals surface area contributed by atoms with Crippen LogP contribution in [0.25, 0.3) is 0 Å². The molecule has 3 atom stereocenters. The lowest BCUT2D eigenvalue weighted by molar-refractivity contribution is -0.140. The number of carbonyl (C=O) groups is 2. The number of aryl methyl sites for hydroxylation is 1. The zero-order valence-electron chi connectivity index (χ0n) is 17.1. The Balaban J connectivity index is 0.00000240. The molecule has 2 aliphatic heterocycles. The predicted octanol–water partition coefficient (Wildman–Crippen LogP) is 3.23. The largest absolute Gasteiger partial charge is 0.469 e. The lowest BCUT2D eigenvalue weighted by Gasteiger charge is -2.42. The quantitative estimate of drug-likeness (QED) is 0.741. The zero-order valence-corrected chi connectivity index (χ0v) is 18.0. The SMILES string of the molecule is COC(=O)CCc1ccc(N2CCN(C3CCC4CNCCC4C3)C2=O)cc1.Cl. The Morgan fingerprint density at radius 2 is 1.93 bits per heavy atom. The summed E-state index contributed by atoms with van der Waals surface area (Å²) in [4.78, 5) is 28.4. The minimum atomic E-state index is -0.196. The Morgan fingerprint density at radius 3 is 2.69 bits per heavy atom. The van der Waals surface area contributed by atoms with E-state index in [0.29, 0.717) is 18.9 Å². The summed E-state index contributed by atoms with van der Waals surface area (Å²) < 4.78 is 4.69. The summed E-state index contributed by atoms with van der Waals surface area (Å²) >= 11 is 0. The predicted molar refractivity (Wildman–Crippen MR) is 116 cm³/mol. The number of nitrogens with zero attached hydrogens (tertiary/aromatic N) is 2. The highest BCUT2D eigenvalue weighted by molar-refractivity contribution is 5.94. The number of anilines is 1. The van der Waals surface area contributed by atoms with Gasteiger partial charge in [0, 0.05) is 31.2 Å². The third-order valence-electron chi connectivity index (χ3n) is 6.79. The average Bonchev–Trinajstić information content (AvgIpc) is 3.13. The summed E-state index contributed by atoms with van der Waals surface area (Å²) in [5.74, 6) is 1.38. The van der Waals surface area contributed by atoms with Crippen molar-refractivity contribution in [3.63, 3.8) is 0 Å². The maximum atomic E-state index is 13.1. The van der Waals surface area contributed by atoms with Gasteiger partial charge in [0.1, 0.15) is 0 Å². The van der Waals surface area contributed by atoms with Crippen LogP contribution in [0, 0.1) is 11.8 Å². The van der Waals surface area contributed by atoms with Crippen molar-refractivity contribution in [1.29, 1.82) is 0 Å². The van der Waals surface area contributed by atoms with Crippen molar-refractivity contribution in [1.82, 2.24) is 10.2 Å². The van der Waals surface area contributed by atoms with Crippen molar-refractivity contribution in [3.8, 4) is 0 Å². The summed E-state index contributed by atoms with van der Waals surface area (Å²) in [6, 6.07) is 8.56. The van der Waals surface area contributed by atoms with Gasteiger partial charge in [-0.15, -0.1) is 12.4 Å². The number of urea groups is 1. The maximum absolute atomic E-state index is 13.1. The molecule has 0 aromatic heterocycles. The number of ether oxygens (including phenoxy) is 1. The summed E-state index contributed by atoms with van der Waals surface area (Å²) in [6.07, 6.45) is 5.83. The first-order valence-corrected chi connectivity index (χ1v) is 10.6. The number of esters is 1. The van der Waals surface area contributed by atoms with Crippen LogP contribution in [0.1, 0.15) is 37.7 Å². The minimum Gasteiger partial charge on any atom is -0.469 e. The van der Waals surface area contributed by atoms with Crippen LogP contribution < -0.4 is 10.2 Å². The molecule has 1 saturated carbocycles. The number of nitrogens with one attached hydrogen (secondary N) is 1. The first-order chi connectivity index (χ1) is 13.7. The van der Waals surface area contributed by atoms with Crippen LogP contribution in [0.4, 0.5) is 10.5 Å². The standard InChI is InChI=1S/C22H31N3O3.ClH/c1-28-21(26)9-4-16-2-6-19(7-3-16)24-12-13-25(22(24)27)20-8-5-18-15-23-11-10-17(18)14-20;/h2-3,6-7,17-18,20,23H,4-5,8-15H2,1H3;1H. The van der Waals surface area contributed by atoms with E-state index in [2.05, 4.69) is 10.2 Å². The van der Waals surface area contributed by atoms with Crippen LogP contribution in [0.3, 0.4) is 0 Å². The molecule has 2 heterocycles. The normalized spacial score (nSPS) is 26.7. The van der Waals surface area contributed by atoms with Crippen molar-refractivity contribution in [2.24, 2.45) is 11.8 Å². The van der Waals surface area contributed by atoms with Gasteiger partial charge in [0.2, 0.25) is 0 Å². The third kappa shape index (κ3) is 4.86. The summed E-state index contributed by atoms with van der Waals surface area (Å²) in [5.41, 5.74) is 2.03. The molecule has 2 amide bonds. The van der Waals surface area contributed by atoms with Gasteiger partial charge in [-0.25, -0.2) is 4.79 Å². The molecule has 1 aromatic carbocycles. The molecule has 2 saturated heterocycles. The van der Waals surface area contributed by atoms with E-state index in [0.717, 1.165) is 55.7 Å². The zero-order chi connectivity index (χ0) is 19.5. The van der Waals surface area contributed by atoms with E-state index in [1.165, 1.54) is 26.4 Å². The highest BCUT2D eigenvalue weighted by Gasteiger charge is 2.40. The van der Waals surface area contributed by atoms with Gasteiger partial charge in [-0.2, -0.15) is 0 Å². The van der Waals surface area contributed by atoms with Crippen LogP contribution in [-0.4, -0.2) is 56.2 Å². The molecule has 1 aromatic rings. The molecule has 3 aliphatic rings. The Morgan fingerprint density at radius 1 is 1.14 bits per heavy atom. The number of fused-ring (bicyclic) bond motifs is 1. The monoisotopic (exact) mass is 421 g/mol. The maximum Gasteiger partial charge on any atom is 0.324 e. The van der Waals surface area contributed by atoms with Crippen LogP contribution in [0.15, 0.2) is 24.3 Å². The van der Waals surface area contributed by atoms with Gasteiger partial charge in [0.05, 0.1) is 7.11 Å². The molecule has 3 unspecified atom stereocenters. The van der Waals surface area contributed by atoms with Gasteiger partial charge in [0.15, 0.2) is 0 Å². The van der Waals surface area contributed by atoms with Gasteiger partial charge in [-0.1, -0.05) is 12.1 Å². The Kier molecular flexibility index (Phi) is 7.41. The second-order valence-electron chi connectivity index (χ2n) is 8.35. The third-order valence-corrected chi connectivity index (χ3v) is 6.79. The van der Waals surface area contributed by atoms with E-state index in [4.69, 9.17) is 4.74 Å². The van der Waals surface area contributed by atoms with Crippen molar-refractivity contribution >= 4 is 30.1 Å². The number of benzene rings is 1. The number of carbonyl (C=O) groups excluding carboxylic acids is 2. The smallest absolute Gasteiger partial charge is 0.324 e. The number of hydrogen-bond acceptors (Lipinski definition) is 4. The topological polar surface area (TPSA) is 61.9 Å². The summed E-state index contributed by atoms with van der Waals surface area (Å²) in [5, 5.41) is 3.51. The fourth-order valence-electron chi connectivity index (χ4n) is 5.11. The van der Waals surface area contributed by atoms with Gasteiger partial charge >= 0.3 is 12.0 Å². The van der Waals surface area contributed by atoms with Gasteiger partial charge in [-0.05, 0) is 74.7 Å². The molecule has 0 bridgehead atoms. The number of halogens is 1. The Bertz CT molecular complexity index is 712. The molecule has 3 fully saturated rings. The Hall–Kier alpha value is -1.79. The van der Waals surface area contributed by atoms with Crippen molar-refractivity contribution < 1.29 is 14.3 Å². The number of methoxy groups -OCH3 is 1. The van der Waals surface area contributed by atoms with Gasteiger partial charge < -0.3 is 15.0 Å². The second kappa shape index (κ2) is 9.81. The van der Waals surface area contributed by atoms with Crippen LogP contribution in [-0.2, 0) is 16.0 Å². The van der Waals surface area contributed by atoms with Crippen LogP contribution >= 0.6 is 12.4 Å². The van der Waals surface area contributed by atoms with E-state index in [9.17, 15) is 9.59 Å². The molecule has 4 rings (SSSR count). The van der Waals surface area contributed by atoms with Crippen LogP contribution in [0.5, 0.6) is 0 Å². The molecular formula is C22H32ClN3O3. The number of hydrogen-bond donors (Lipinski definition) is 1. The van der Waals surface area contributed by atoms with Crippen molar-refractivity contribution in [2.75, 3.05) is 38.2 Å².